The van der Waals surface area contributed by atoms with Crippen LogP contribution in [0.4, 0.5) is 10.1 Å². The Kier molecular flexibility index (Phi) is 4.72. The number of para-hydroxylation sites is 1. The third kappa shape index (κ3) is 3.36. The Balaban J connectivity index is 1.65. The quantitative estimate of drug-likeness (QED) is 0.642. The van der Waals surface area contributed by atoms with Crippen molar-refractivity contribution in [3.8, 4) is 0 Å². The highest BCUT2D eigenvalue weighted by molar-refractivity contribution is 7.99. The average Bonchev–Trinajstić information content (AvgIpc) is 2.86. The minimum atomic E-state index is -0.163. The molecule has 0 amide bonds. The molecule has 0 spiro atoms. The van der Waals surface area contributed by atoms with Crippen molar-refractivity contribution < 1.29 is 4.39 Å². The van der Waals surface area contributed by atoms with Crippen molar-refractivity contribution in [3.05, 3.63) is 77.4 Å². The minimum Gasteiger partial charge on any atom is -0.366 e. The van der Waals surface area contributed by atoms with Gasteiger partial charge in [0.1, 0.15) is 5.82 Å². The van der Waals surface area contributed by atoms with Gasteiger partial charge in [-0.15, -0.1) is 11.8 Å². The zero-order chi connectivity index (χ0) is 18.1. The minimum absolute atomic E-state index is 0.163. The number of benzene rings is 2. The summed E-state index contributed by atoms with van der Waals surface area (Å²) in [5, 5.41) is 4.63. The first-order valence-electron chi connectivity index (χ1n) is 8.85. The number of anilines is 1. The second kappa shape index (κ2) is 7.16. The Morgan fingerprint density at radius 3 is 2.81 bits per heavy atom. The number of rotatable bonds is 3. The van der Waals surface area contributed by atoms with Crippen molar-refractivity contribution >= 4 is 17.4 Å². The lowest BCUT2D eigenvalue weighted by atomic mass is 10.1. The summed E-state index contributed by atoms with van der Waals surface area (Å²) >= 11 is 1.83. The Hall–Kier alpha value is -2.27. The Morgan fingerprint density at radius 2 is 2.04 bits per heavy atom. The van der Waals surface area contributed by atoms with Gasteiger partial charge in [0.15, 0.2) is 0 Å². The molecule has 1 atom stereocenters. The van der Waals surface area contributed by atoms with Crippen LogP contribution in [0.5, 0.6) is 0 Å². The van der Waals surface area contributed by atoms with E-state index in [4.69, 9.17) is 0 Å². The lowest BCUT2D eigenvalue weighted by Gasteiger charge is -2.24. The summed E-state index contributed by atoms with van der Waals surface area (Å²) in [4.78, 5) is 3.67. The molecule has 0 saturated carbocycles. The normalized spacial score (nSPS) is 17.0. The topological polar surface area (TPSA) is 21.1 Å². The van der Waals surface area contributed by atoms with E-state index in [1.54, 1.807) is 12.1 Å². The van der Waals surface area contributed by atoms with E-state index >= 15 is 0 Å². The fraction of sp³-hybridized carbons (Fsp3) is 0.286. The van der Waals surface area contributed by atoms with Crippen LogP contribution in [-0.2, 0) is 13.6 Å². The molecule has 3 nitrogen and oxygen atoms in total. The second-order valence-electron chi connectivity index (χ2n) is 6.72. The van der Waals surface area contributed by atoms with Crippen molar-refractivity contribution in [1.29, 1.82) is 0 Å². The SMILES string of the molecule is Cc1c(CN2CCC(c3cccc(F)c3)Sc3ccccc32)cnn1C. The Morgan fingerprint density at radius 1 is 1.19 bits per heavy atom. The molecule has 1 aliphatic heterocycles. The van der Waals surface area contributed by atoms with Crippen molar-refractivity contribution in [1.82, 2.24) is 9.78 Å². The molecule has 2 aromatic carbocycles. The fourth-order valence-electron chi connectivity index (χ4n) is 3.43. The molecule has 0 saturated heterocycles. The highest BCUT2D eigenvalue weighted by atomic mass is 32.2. The number of aryl methyl sites for hydroxylation is 1. The van der Waals surface area contributed by atoms with E-state index in [1.807, 2.05) is 35.8 Å². The van der Waals surface area contributed by atoms with Crippen molar-refractivity contribution in [2.45, 2.75) is 30.0 Å². The second-order valence-corrected chi connectivity index (χ2v) is 7.96. The zero-order valence-corrected chi connectivity index (χ0v) is 15.8. The molecule has 4 rings (SSSR count). The number of fused-ring (bicyclic) bond motifs is 1. The Bertz CT molecular complexity index is 921. The molecule has 0 aliphatic carbocycles. The molecule has 1 aliphatic rings. The largest absolute Gasteiger partial charge is 0.366 e. The molecule has 134 valence electrons. The summed E-state index contributed by atoms with van der Waals surface area (Å²) in [6.45, 7) is 3.88. The summed E-state index contributed by atoms with van der Waals surface area (Å²) in [5.41, 5.74) is 4.75. The van der Waals surface area contributed by atoms with E-state index in [9.17, 15) is 4.39 Å². The van der Waals surface area contributed by atoms with Gasteiger partial charge in [-0.2, -0.15) is 5.10 Å². The molecule has 3 aromatic rings. The summed E-state index contributed by atoms with van der Waals surface area (Å²) in [6, 6.07) is 15.5. The number of thioether (sulfide) groups is 1. The maximum atomic E-state index is 13.7. The number of aromatic nitrogens is 2. The molecule has 26 heavy (non-hydrogen) atoms. The van der Waals surface area contributed by atoms with Crippen LogP contribution in [0.2, 0.25) is 0 Å². The predicted molar refractivity (Wildman–Crippen MR) is 105 cm³/mol. The van der Waals surface area contributed by atoms with E-state index in [0.29, 0.717) is 0 Å². The average molecular weight is 367 g/mol. The van der Waals surface area contributed by atoms with Crippen LogP contribution >= 0.6 is 11.8 Å². The summed E-state index contributed by atoms with van der Waals surface area (Å²) in [5.74, 6) is -0.163. The smallest absolute Gasteiger partial charge is 0.123 e. The van der Waals surface area contributed by atoms with Crippen LogP contribution in [0.1, 0.15) is 28.5 Å². The van der Waals surface area contributed by atoms with Crippen LogP contribution in [0.3, 0.4) is 0 Å². The molecule has 5 heteroatoms. The van der Waals surface area contributed by atoms with Gasteiger partial charge in [-0.05, 0) is 43.2 Å². The van der Waals surface area contributed by atoms with E-state index in [2.05, 4.69) is 41.2 Å². The predicted octanol–water partition coefficient (Wildman–Crippen LogP) is 5.11. The van der Waals surface area contributed by atoms with Gasteiger partial charge in [0, 0.05) is 41.5 Å². The van der Waals surface area contributed by atoms with E-state index in [1.165, 1.54) is 27.9 Å². The van der Waals surface area contributed by atoms with Crippen molar-refractivity contribution in [3.63, 3.8) is 0 Å². The monoisotopic (exact) mass is 367 g/mol. The molecule has 2 heterocycles. The standard InChI is InChI=1S/C21H22FN3S/c1-15-17(13-23-24(15)2)14-25-11-10-20(16-6-5-7-18(22)12-16)26-21-9-4-3-8-19(21)25/h3-9,12-13,20H,10-11,14H2,1-2H3. The highest BCUT2D eigenvalue weighted by Gasteiger charge is 2.24. The number of nitrogens with zero attached hydrogens (tertiary/aromatic N) is 3. The molecular weight excluding hydrogens is 345 g/mol. The summed E-state index contributed by atoms with van der Waals surface area (Å²) < 4.78 is 15.6. The number of hydrogen-bond acceptors (Lipinski definition) is 3. The fourth-order valence-corrected chi connectivity index (χ4v) is 4.72. The van der Waals surface area contributed by atoms with E-state index < -0.39 is 0 Å². The molecule has 1 unspecified atom stereocenters. The number of hydrogen-bond donors (Lipinski definition) is 0. The third-order valence-corrected chi connectivity index (χ3v) is 6.45. The van der Waals surface area contributed by atoms with E-state index in [0.717, 1.165) is 25.1 Å². The van der Waals surface area contributed by atoms with Crippen LogP contribution < -0.4 is 4.90 Å². The van der Waals surface area contributed by atoms with Crippen LogP contribution in [0.15, 0.2) is 59.6 Å². The van der Waals surface area contributed by atoms with Crippen molar-refractivity contribution in [2.75, 3.05) is 11.4 Å². The first-order chi connectivity index (χ1) is 12.6. The molecule has 0 N–H and O–H groups in total. The summed E-state index contributed by atoms with van der Waals surface area (Å²) in [6.07, 6.45) is 2.93. The van der Waals surface area contributed by atoms with E-state index in [-0.39, 0.29) is 11.1 Å². The van der Waals surface area contributed by atoms with Crippen LogP contribution in [-0.4, -0.2) is 16.3 Å². The van der Waals surface area contributed by atoms with Gasteiger partial charge in [0.05, 0.1) is 11.9 Å². The molecular formula is C21H22FN3S. The van der Waals surface area contributed by atoms with Gasteiger partial charge in [0.2, 0.25) is 0 Å². The van der Waals surface area contributed by atoms with Gasteiger partial charge in [-0.1, -0.05) is 24.3 Å². The zero-order valence-electron chi connectivity index (χ0n) is 15.0. The molecule has 0 fully saturated rings. The van der Waals surface area contributed by atoms with Crippen LogP contribution in [0.25, 0.3) is 0 Å². The third-order valence-electron chi connectivity index (χ3n) is 5.05. The Labute approximate surface area is 157 Å². The van der Waals surface area contributed by atoms with Gasteiger partial charge in [-0.25, -0.2) is 4.39 Å². The number of halogens is 1. The van der Waals surface area contributed by atoms with Gasteiger partial charge >= 0.3 is 0 Å². The van der Waals surface area contributed by atoms with Crippen molar-refractivity contribution in [2.24, 2.45) is 7.05 Å². The van der Waals surface area contributed by atoms with Gasteiger partial charge in [0.25, 0.3) is 0 Å². The first-order valence-corrected chi connectivity index (χ1v) is 9.73. The molecule has 0 bridgehead atoms. The summed E-state index contributed by atoms with van der Waals surface area (Å²) in [7, 11) is 1.98. The maximum Gasteiger partial charge on any atom is 0.123 e. The van der Waals surface area contributed by atoms with Crippen LogP contribution in [0, 0.1) is 12.7 Å². The lowest BCUT2D eigenvalue weighted by molar-refractivity contribution is 0.623. The maximum absolute atomic E-state index is 13.7. The molecule has 0 radical (unpaired) electrons. The first kappa shape index (κ1) is 17.2. The molecule has 1 aromatic heterocycles. The van der Waals surface area contributed by atoms with Gasteiger partial charge < -0.3 is 4.90 Å². The highest BCUT2D eigenvalue weighted by Crippen LogP contribution is 2.45. The lowest BCUT2D eigenvalue weighted by Crippen LogP contribution is -2.24. The van der Waals surface area contributed by atoms with Gasteiger partial charge in [-0.3, -0.25) is 4.68 Å².